The second kappa shape index (κ2) is 9.78. The molecule has 0 radical (unpaired) electrons. The number of carboxylic acids is 1. The Morgan fingerprint density at radius 3 is 2.39 bits per heavy atom. The second-order valence-electron chi connectivity index (χ2n) is 7.47. The van der Waals surface area contributed by atoms with Crippen molar-refractivity contribution in [2.75, 3.05) is 13.3 Å². The van der Waals surface area contributed by atoms with Crippen LogP contribution in [0.1, 0.15) is 11.1 Å². The first-order valence-electron chi connectivity index (χ1n) is 10.00. The van der Waals surface area contributed by atoms with Crippen molar-refractivity contribution >= 4 is 33.0 Å². The van der Waals surface area contributed by atoms with Crippen molar-refractivity contribution in [1.29, 1.82) is 0 Å². The Morgan fingerprint density at radius 2 is 1.76 bits per heavy atom. The van der Waals surface area contributed by atoms with Gasteiger partial charge in [0.15, 0.2) is 0 Å². The highest BCUT2D eigenvalue weighted by atomic mass is 32.2. The molecule has 2 aromatic carbocycles. The minimum absolute atomic E-state index is 0.101. The lowest BCUT2D eigenvalue weighted by atomic mass is 10.0. The maximum absolute atomic E-state index is 13.1. The molecule has 0 saturated carbocycles. The van der Waals surface area contributed by atoms with E-state index in [2.05, 4.69) is 11.6 Å². The molecule has 0 saturated heterocycles. The zero-order valence-corrected chi connectivity index (χ0v) is 19.1. The van der Waals surface area contributed by atoms with Crippen LogP contribution in [-0.2, 0) is 32.6 Å². The molecule has 0 spiro atoms. The van der Waals surface area contributed by atoms with Gasteiger partial charge in [0, 0.05) is 30.6 Å². The second-order valence-corrected chi connectivity index (χ2v) is 9.49. The lowest BCUT2D eigenvalue weighted by molar-refractivity contribution is -0.142. The number of rotatable bonds is 9. The average Bonchev–Trinajstić information content (AvgIpc) is 3.19. The van der Waals surface area contributed by atoms with Crippen LogP contribution in [0.3, 0.4) is 0 Å². The van der Waals surface area contributed by atoms with Crippen molar-refractivity contribution in [1.82, 2.24) is 14.2 Å². The number of amides is 1. The maximum Gasteiger partial charge on any atom is 0.416 e. The van der Waals surface area contributed by atoms with E-state index in [1.807, 2.05) is 30.3 Å². The largest absolute Gasteiger partial charge is 0.480 e. The SMILES string of the molecule is C=C(N(C(=O)OCc1ccccc1)C(Cc1c[nH]c2ccccc12)C(=O)O)N(C)S(C)(=O)=O. The van der Waals surface area contributed by atoms with E-state index in [1.54, 1.807) is 30.5 Å². The molecule has 2 N–H and O–H groups in total. The van der Waals surface area contributed by atoms with Gasteiger partial charge in [-0.3, -0.25) is 4.31 Å². The summed E-state index contributed by atoms with van der Waals surface area (Å²) in [7, 11) is -2.62. The van der Waals surface area contributed by atoms with E-state index in [0.717, 1.165) is 26.4 Å². The van der Waals surface area contributed by atoms with Gasteiger partial charge in [-0.05, 0) is 17.2 Å². The molecule has 0 aliphatic rings. The minimum atomic E-state index is -3.82. The van der Waals surface area contributed by atoms with E-state index in [-0.39, 0.29) is 18.8 Å². The number of sulfonamides is 1. The number of aromatic nitrogens is 1. The summed E-state index contributed by atoms with van der Waals surface area (Å²) in [4.78, 5) is 29.2. The van der Waals surface area contributed by atoms with Gasteiger partial charge in [-0.2, -0.15) is 0 Å². The summed E-state index contributed by atoms with van der Waals surface area (Å²) < 4.78 is 30.3. The van der Waals surface area contributed by atoms with Crippen molar-refractivity contribution in [3.63, 3.8) is 0 Å². The topological polar surface area (TPSA) is 120 Å². The highest BCUT2D eigenvalue weighted by Gasteiger charge is 2.36. The molecule has 33 heavy (non-hydrogen) atoms. The minimum Gasteiger partial charge on any atom is -0.480 e. The lowest BCUT2D eigenvalue weighted by Gasteiger charge is -2.33. The number of nitrogens with zero attached hydrogens (tertiary/aromatic N) is 2. The highest BCUT2D eigenvalue weighted by molar-refractivity contribution is 7.88. The predicted molar refractivity (Wildman–Crippen MR) is 124 cm³/mol. The van der Waals surface area contributed by atoms with E-state index >= 15 is 0 Å². The van der Waals surface area contributed by atoms with Gasteiger partial charge in [0.2, 0.25) is 10.0 Å². The smallest absolute Gasteiger partial charge is 0.416 e. The average molecular weight is 472 g/mol. The number of hydrogen-bond donors (Lipinski definition) is 2. The first-order valence-corrected chi connectivity index (χ1v) is 11.8. The number of carboxylic acid groups (broad SMARTS) is 1. The standard InChI is InChI=1S/C23H25N3O6S/c1-16(25(2)33(3,30)31)26(23(29)32-15-17-9-5-4-6-10-17)21(22(27)28)13-18-14-24-20-12-8-7-11-19(18)20/h4-12,14,21,24H,1,13,15H2,2-3H3,(H,27,28). The number of aliphatic carboxylic acids is 1. The van der Waals surface area contributed by atoms with Gasteiger partial charge in [-0.15, -0.1) is 0 Å². The van der Waals surface area contributed by atoms with Crippen molar-refractivity contribution < 1.29 is 27.9 Å². The van der Waals surface area contributed by atoms with Crippen LogP contribution in [0.4, 0.5) is 4.79 Å². The number of para-hydroxylation sites is 1. The number of H-pyrrole nitrogens is 1. The quantitative estimate of drug-likeness (QED) is 0.495. The third kappa shape index (κ3) is 5.53. The van der Waals surface area contributed by atoms with E-state index in [0.29, 0.717) is 11.1 Å². The monoisotopic (exact) mass is 471 g/mol. The maximum atomic E-state index is 13.1. The van der Waals surface area contributed by atoms with Crippen LogP contribution in [0, 0.1) is 0 Å². The molecule has 0 bridgehead atoms. The van der Waals surface area contributed by atoms with E-state index < -0.39 is 28.1 Å². The Hall–Kier alpha value is -3.79. The van der Waals surface area contributed by atoms with Crippen LogP contribution in [0.5, 0.6) is 0 Å². The number of benzene rings is 2. The van der Waals surface area contributed by atoms with E-state index in [1.165, 1.54) is 7.05 Å². The van der Waals surface area contributed by atoms with Crippen LogP contribution in [0.2, 0.25) is 0 Å². The van der Waals surface area contributed by atoms with Crippen molar-refractivity contribution in [3.05, 3.63) is 84.3 Å². The zero-order chi connectivity index (χ0) is 24.2. The summed E-state index contributed by atoms with van der Waals surface area (Å²) in [5.74, 6) is -1.66. The number of carbonyl (C=O) groups is 2. The van der Waals surface area contributed by atoms with Crippen LogP contribution in [-0.4, -0.2) is 59.1 Å². The number of fused-ring (bicyclic) bond motifs is 1. The van der Waals surface area contributed by atoms with E-state index in [4.69, 9.17) is 4.74 Å². The zero-order valence-electron chi connectivity index (χ0n) is 18.3. The van der Waals surface area contributed by atoms with Gasteiger partial charge in [0.1, 0.15) is 18.5 Å². The van der Waals surface area contributed by atoms with Gasteiger partial charge < -0.3 is 14.8 Å². The molecule has 0 aliphatic heterocycles. The normalized spacial score (nSPS) is 12.2. The molecule has 3 aromatic rings. The molecule has 1 atom stereocenters. The van der Waals surface area contributed by atoms with Gasteiger partial charge in [-0.25, -0.2) is 22.9 Å². The third-order valence-electron chi connectivity index (χ3n) is 5.23. The summed E-state index contributed by atoms with van der Waals surface area (Å²) in [6.45, 7) is 3.57. The number of hydrogen-bond acceptors (Lipinski definition) is 5. The van der Waals surface area contributed by atoms with Crippen LogP contribution in [0.25, 0.3) is 10.9 Å². The number of aromatic amines is 1. The Labute approximate surface area is 191 Å². The van der Waals surface area contributed by atoms with Crippen LogP contribution in [0.15, 0.2) is 73.2 Å². The highest BCUT2D eigenvalue weighted by Crippen LogP contribution is 2.24. The predicted octanol–water partition coefficient (Wildman–Crippen LogP) is 3.17. The van der Waals surface area contributed by atoms with Crippen LogP contribution < -0.4 is 0 Å². The van der Waals surface area contributed by atoms with Crippen molar-refractivity contribution in [2.45, 2.75) is 19.1 Å². The molecular weight excluding hydrogens is 446 g/mol. The van der Waals surface area contributed by atoms with Gasteiger partial charge >= 0.3 is 12.1 Å². The molecular formula is C23H25N3O6S. The molecule has 1 heterocycles. The molecule has 0 fully saturated rings. The number of ether oxygens (including phenoxy) is 1. The molecule has 9 nitrogen and oxygen atoms in total. The van der Waals surface area contributed by atoms with Crippen molar-refractivity contribution in [2.24, 2.45) is 0 Å². The molecule has 3 rings (SSSR count). The fraction of sp³-hybridized carbons (Fsp3) is 0.217. The van der Waals surface area contributed by atoms with Gasteiger partial charge in [0.05, 0.1) is 6.26 Å². The molecule has 0 aliphatic carbocycles. The fourth-order valence-electron chi connectivity index (χ4n) is 3.34. The lowest BCUT2D eigenvalue weighted by Crippen LogP contribution is -2.49. The van der Waals surface area contributed by atoms with Crippen molar-refractivity contribution in [3.8, 4) is 0 Å². The van der Waals surface area contributed by atoms with Gasteiger partial charge in [0.25, 0.3) is 0 Å². The summed E-state index contributed by atoms with van der Waals surface area (Å²) in [6.07, 6.45) is 1.47. The Balaban J connectivity index is 1.95. The first-order chi connectivity index (χ1) is 15.6. The molecule has 174 valence electrons. The van der Waals surface area contributed by atoms with Crippen LogP contribution >= 0.6 is 0 Å². The van der Waals surface area contributed by atoms with E-state index in [9.17, 15) is 23.1 Å². The summed E-state index contributed by atoms with van der Waals surface area (Å²) in [6, 6.07) is 14.7. The summed E-state index contributed by atoms with van der Waals surface area (Å²) >= 11 is 0. The Morgan fingerprint density at radius 1 is 1.12 bits per heavy atom. The van der Waals surface area contributed by atoms with Gasteiger partial charge in [-0.1, -0.05) is 55.1 Å². The third-order valence-corrected chi connectivity index (χ3v) is 6.43. The molecule has 1 amide bonds. The number of carbonyl (C=O) groups excluding carboxylic acids is 1. The molecule has 1 unspecified atom stereocenters. The Kier molecular flexibility index (Phi) is 7.07. The Bertz CT molecular complexity index is 1270. The summed E-state index contributed by atoms with van der Waals surface area (Å²) in [5.41, 5.74) is 2.15. The number of nitrogens with one attached hydrogen (secondary N) is 1. The molecule has 1 aromatic heterocycles. The fourth-order valence-corrected chi connectivity index (χ4v) is 3.81. The summed E-state index contributed by atoms with van der Waals surface area (Å²) in [5, 5.41) is 10.8. The molecule has 10 heteroatoms. The first kappa shape index (κ1) is 23.9.